The van der Waals surface area contributed by atoms with E-state index >= 15 is 0 Å². The van der Waals surface area contributed by atoms with Gasteiger partial charge in [-0.2, -0.15) is 0 Å². The summed E-state index contributed by atoms with van der Waals surface area (Å²) < 4.78 is 0. The quantitative estimate of drug-likeness (QED) is 0.853. The topological polar surface area (TPSA) is 24.9 Å². The number of hydrogen-bond acceptors (Lipinski definition) is 3. The first-order valence-electron chi connectivity index (χ1n) is 5.88. The molecule has 0 spiro atoms. The van der Waals surface area contributed by atoms with Crippen LogP contribution in [-0.2, 0) is 6.54 Å². The molecule has 1 aromatic heterocycles. The lowest BCUT2D eigenvalue weighted by atomic mass is 9.78. The fraction of sp³-hybridized carbons (Fsp3) is 0.750. The summed E-state index contributed by atoms with van der Waals surface area (Å²) in [5.74, 6) is 1.67. The molecule has 1 aromatic rings. The molecule has 2 rings (SSSR count). The molecular weight excluding hydrogens is 204 g/mol. The van der Waals surface area contributed by atoms with Crippen molar-refractivity contribution in [2.45, 2.75) is 45.7 Å². The van der Waals surface area contributed by atoms with Gasteiger partial charge in [0.1, 0.15) is 0 Å². The third kappa shape index (κ3) is 2.79. The van der Waals surface area contributed by atoms with E-state index in [1.807, 2.05) is 5.51 Å². The van der Waals surface area contributed by atoms with E-state index in [9.17, 15) is 0 Å². The Morgan fingerprint density at radius 1 is 1.47 bits per heavy atom. The molecule has 0 amide bonds. The Kier molecular flexibility index (Phi) is 3.76. The van der Waals surface area contributed by atoms with E-state index in [4.69, 9.17) is 0 Å². The SMILES string of the molecule is CC1CCCC(NCc2cscn2)C1C. The van der Waals surface area contributed by atoms with Crippen LogP contribution in [0.3, 0.4) is 0 Å². The maximum absolute atomic E-state index is 4.30. The van der Waals surface area contributed by atoms with Gasteiger partial charge in [0.25, 0.3) is 0 Å². The van der Waals surface area contributed by atoms with Gasteiger partial charge >= 0.3 is 0 Å². The van der Waals surface area contributed by atoms with Gasteiger partial charge in [0.2, 0.25) is 0 Å². The number of nitrogens with one attached hydrogen (secondary N) is 1. The minimum absolute atomic E-state index is 0.690. The molecule has 84 valence electrons. The van der Waals surface area contributed by atoms with Crippen LogP contribution in [-0.4, -0.2) is 11.0 Å². The van der Waals surface area contributed by atoms with Crippen LogP contribution in [0.1, 0.15) is 38.8 Å². The minimum atomic E-state index is 0.690. The maximum atomic E-state index is 4.30. The third-order valence-electron chi connectivity index (χ3n) is 3.74. The Hall–Kier alpha value is -0.410. The Morgan fingerprint density at radius 3 is 3.07 bits per heavy atom. The molecule has 0 bridgehead atoms. The summed E-state index contributed by atoms with van der Waals surface area (Å²) in [6.45, 7) is 5.69. The third-order valence-corrected chi connectivity index (χ3v) is 4.37. The van der Waals surface area contributed by atoms with Crippen molar-refractivity contribution >= 4 is 11.3 Å². The van der Waals surface area contributed by atoms with Crippen LogP contribution in [0.4, 0.5) is 0 Å². The van der Waals surface area contributed by atoms with Crippen molar-refractivity contribution in [2.75, 3.05) is 0 Å². The molecule has 1 saturated carbocycles. The molecule has 15 heavy (non-hydrogen) atoms. The van der Waals surface area contributed by atoms with Gasteiger partial charge in [-0.25, -0.2) is 4.98 Å². The summed E-state index contributed by atoms with van der Waals surface area (Å²) in [5, 5.41) is 5.78. The first-order valence-corrected chi connectivity index (χ1v) is 6.82. The van der Waals surface area contributed by atoms with Gasteiger partial charge in [0.05, 0.1) is 11.2 Å². The van der Waals surface area contributed by atoms with Gasteiger partial charge in [-0.15, -0.1) is 11.3 Å². The van der Waals surface area contributed by atoms with E-state index in [1.165, 1.54) is 25.0 Å². The van der Waals surface area contributed by atoms with Gasteiger partial charge in [-0.3, -0.25) is 0 Å². The number of hydrogen-bond donors (Lipinski definition) is 1. The number of thiazole rings is 1. The summed E-state index contributed by atoms with van der Waals surface area (Å²) in [4.78, 5) is 4.30. The van der Waals surface area contributed by atoms with E-state index < -0.39 is 0 Å². The van der Waals surface area contributed by atoms with E-state index in [1.54, 1.807) is 11.3 Å². The maximum Gasteiger partial charge on any atom is 0.0795 e. The highest BCUT2D eigenvalue weighted by Crippen LogP contribution is 2.29. The van der Waals surface area contributed by atoms with E-state index in [0.717, 1.165) is 18.4 Å². The van der Waals surface area contributed by atoms with Gasteiger partial charge in [-0.05, 0) is 18.3 Å². The van der Waals surface area contributed by atoms with Crippen LogP contribution in [0.2, 0.25) is 0 Å². The largest absolute Gasteiger partial charge is 0.308 e. The Labute approximate surface area is 96.1 Å². The highest BCUT2D eigenvalue weighted by Gasteiger charge is 2.26. The van der Waals surface area contributed by atoms with Crippen molar-refractivity contribution in [3.63, 3.8) is 0 Å². The van der Waals surface area contributed by atoms with Crippen molar-refractivity contribution < 1.29 is 0 Å². The van der Waals surface area contributed by atoms with Crippen molar-refractivity contribution in [3.05, 3.63) is 16.6 Å². The summed E-state index contributed by atoms with van der Waals surface area (Å²) in [6.07, 6.45) is 4.10. The molecule has 0 saturated heterocycles. The summed E-state index contributed by atoms with van der Waals surface area (Å²) in [7, 11) is 0. The van der Waals surface area contributed by atoms with Crippen molar-refractivity contribution in [1.29, 1.82) is 0 Å². The van der Waals surface area contributed by atoms with E-state index in [2.05, 4.69) is 29.5 Å². The predicted molar refractivity (Wildman–Crippen MR) is 64.9 cm³/mol. The van der Waals surface area contributed by atoms with E-state index in [-0.39, 0.29) is 0 Å². The lowest BCUT2D eigenvalue weighted by molar-refractivity contribution is 0.205. The van der Waals surface area contributed by atoms with Crippen LogP contribution < -0.4 is 5.32 Å². The molecule has 1 fully saturated rings. The average Bonchev–Trinajstić information content (AvgIpc) is 2.73. The highest BCUT2D eigenvalue weighted by atomic mass is 32.1. The van der Waals surface area contributed by atoms with Crippen LogP contribution in [0.25, 0.3) is 0 Å². The number of rotatable bonds is 3. The second kappa shape index (κ2) is 5.08. The Morgan fingerprint density at radius 2 is 2.33 bits per heavy atom. The molecule has 1 N–H and O–H groups in total. The molecule has 0 aliphatic heterocycles. The van der Waals surface area contributed by atoms with Gasteiger partial charge in [0, 0.05) is 18.0 Å². The van der Waals surface area contributed by atoms with Crippen LogP contribution >= 0.6 is 11.3 Å². The molecule has 1 aliphatic carbocycles. The van der Waals surface area contributed by atoms with E-state index in [0.29, 0.717) is 6.04 Å². The molecular formula is C12H20N2S. The molecule has 1 aliphatic rings. The van der Waals surface area contributed by atoms with Crippen LogP contribution in [0.15, 0.2) is 10.9 Å². The normalized spacial score (nSPS) is 31.7. The Bertz CT molecular complexity index is 284. The zero-order chi connectivity index (χ0) is 10.7. The van der Waals surface area contributed by atoms with Crippen LogP contribution in [0.5, 0.6) is 0 Å². The summed E-state index contributed by atoms with van der Waals surface area (Å²) in [6, 6.07) is 0.690. The molecule has 1 heterocycles. The number of nitrogens with zero attached hydrogens (tertiary/aromatic N) is 1. The monoisotopic (exact) mass is 224 g/mol. The highest BCUT2D eigenvalue weighted by molar-refractivity contribution is 7.07. The second-order valence-electron chi connectivity index (χ2n) is 4.73. The first kappa shape index (κ1) is 11.1. The van der Waals surface area contributed by atoms with Crippen LogP contribution in [0, 0.1) is 11.8 Å². The lowest BCUT2D eigenvalue weighted by Gasteiger charge is -2.34. The summed E-state index contributed by atoms with van der Waals surface area (Å²) >= 11 is 1.68. The standard InChI is InChI=1S/C12H20N2S/c1-9-4-3-5-12(10(9)2)13-6-11-7-15-8-14-11/h7-10,12-13H,3-6H2,1-2H3. The van der Waals surface area contributed by atoms with Gasteiger partial charge in [-0.1, -0.05) is 26.7 Å². The number of aromatic nitrogens is 1. The first-order chi connectivity index (χ1) is 7.27. The zero-order valence-electron chi connectivity index (χ0n) is 9.57. The lowest BCUT2D eigenvalue weighted by Crippen LogP contribution is -2.40. The summed E-state index contributed by atoms with van der Waals surface area (Å²) in [5.41, 5.74) is 3.09. The zero-order valence-corrected chi connectivity index (χ0v) is 10.4. The molecule has 2 nitrogen and oxygen atoms in total. The molecule has 3 atom stereocenters. The van der Waals surface area contributed by atoms with Crippen molar-refractivity contribution in [2.24, 2.45) is 11.8 Å². The predicted octanol–water partition coefficient (Wildman–Crippen LogP) is 3.06. The second-order valence-corrected chi connectivity index (χ2v) is 5.45. The molecule has 0 radical (unpaired) electrons. The van der Waals surface area contributed by atoms with Gasteiger partial charge in [0.15, 0.2) is 0 Å². The molecule has 3 unspecified atom stereocenters. The minimum Gasteiger partial charge on any atom is -0.308 e. The Balaban J connectivity index is 1.83. The van der Waals surface area contributed by atoms with Crippen molar-refractivity contribution in [3.8, 4) is 0 Å². The van der Waals surface area contributed by atoms with Crippen molar-refractivity contribution in [1.82, 2.24) is 10.3 Å². The fourth-order valence-electron chi connectivity index (χ4n) is 2.43. The molecule has 0 aromatic carbocycles. The fourth-order valence-corrected chi connectivity index (χ4v) is 2.99. The average molecular weight is 224 g/mol. The van der Waals surface area contributed by atoms with Gasteiger partial charge < -0.3 is 5.32 Å². The molecule has 3 heteroatoms. The smallest absolute Gasteiger partial charge is 0.0795 e.